The molecule has 26 heavy (non-hydrogen) atoms. The Bertz CT molecular complexity index is 874. The topological polar surface area (TPSA) is 93.3 Å². The molecule has 138 valence electrons. The molecule has 2 heterocycles. The first kappa shape index (κ1) is 17.9. The predicted molar refractivity (Wildman–Crippen MR) is 98.5 cm³/mol. The maximum absolute atomic E-state index is 11.8. The summed E-state index contributed by atoms with van der Waals surface area (Å²) in [4.78, 5) is 25.1. The maximum Gasteiger partial charge on any atom is 0.293 e. The molecule has 1 unspecified atom stereocenters. The Kier molecular flexibility index (Phi) is 4.67. The lowest BCUT2D eigenvalue weighted by molar-refractivity contribution is -0.384. The molecule has 0 radical (unpaired) electrons. The summed E-state index contributed by atoms with van der Waals surface area (Å²) in [5.41, 5.74) is 3.95. The molecule has 8 nitrogen and oxygen atoms in total. The van der Waals surface area contributed by atoms with Crippen molar-refractivity contribution in [1.82, 2.24) is 15.1 Å². The zero-order valence-electron chi connectivity index (χ0n) is 15.4. The van der Waals surface area contributed by atoms with Gasteiger partial charge in [0.2, 0.25) is 0 Å². The number of nitrogens with one attached hydrogen (secondary N) is 1. The molecule has 1 aromatic heterocycles. The minimum absolute atomic E-state index is 0.0443. The van der Waals surface area contributed by atoms with E-state index in [-0.39, 0.29) is 23.2 Å². The summed E-state index contributed by atoms with van der Waals surface area (Å²) in [6.45, 7) is 4.73. The molecule has 1 N–H and O–H groups in total. The molecule has 1 saturated heterocycles. The number of nitro benzene ring substituents is 1. The van der Waals surface area contributed by atoms with Gasteiger partial charge < -0.3 is 10.2 Å². The summed E-state index contributed by atoms with van der Waals surface area (Å²) in [5, 5.41) is 18.6. The first-order valence-corrected chi connectivity index (χ1v) is 8.62. The molecular weight excluding hydrogens is 334 g/mol. The highest BCUT2D eigenvalue weighted by Crippen LogP contribution is 2.42. The van der Waals surface area contributed by atoms with E-state index in [0.717, 1.165) is 36.3 Å². The van der Waals surface area contributed by atoms with Gasteiger partial charge in [-0.25, -0.2) is 0 Å². The summed E-state index contributed by atoms with van der Waals surface area (Å²) in [5.74, 6) is -0.337. The van der Waals surface area contributed by atoms with Gasteiger partial charge >= 0.3 is 0 Å². The number of nitro groups is 1. The quantitative estimate of drug-likeness (QED) is 0.671. The molecule has 8 heteroatoms. The normalized spacial score (nSPS) is 16.8. The number of carbonyl (C=O) groups is 1. The van der Waals surface area contributed by atoms with Gasteiger partial charge in [0, 0.05) is 43.5 Å². The van der Waals surface area contributed by atoms with E-state index in [1.54, 1.807) is 12.1 Å². The molecule has 1 amide bonds. The molecule has 0 aliphatic carbocycles. The van der Waals surface area contributed by atoms with Crippen LogP contribution >= 0.6 is 0 Å². The maximum atomic E-state index is 11.8. The number of anilines is 1. The Balaban J connectivity index is 2.07. The first-order valence-electron chi connectivity index (χ1n) is 8.62. The van der Waals surface area contributed by atoms with Crippen LogP contribution in [-0.2, 0) is 7.05 Å². The number of amides is 1. The molecule has 3 rings (SSSR count). The number of hydrogen-bond donors (Lipinski definition) is 1. The van der Waals surface area contributed by atoms with Crippen LogP contribution in [0.5, 0.6) is 0 Å². The minimum Gasteiger partial charge on any atom is -0.359 e. The van der Waals surface area contributed by atoms with Crippen LogP contribution in [0, 0.1) is 24.0 Å². The highest BCUT2D eigenvalue weighted by molar-refractivity contribution is 5.95. The minimum atomic E-state index is -0.417. The van der Waals surface area contributed by atoms with Gasteiger partial charge in [0.1, 0.15) is 5.69 Å². The molecule has 1 atom stereocenters. The number of nitrogens with zero attached hydrogens (tertiary/aromatic N) is 4. The van der Waals surface area contributed by atoms with Crippen molar-refractivity contribution in [2.24, 2.45) is 7.05 Å². The molecule has 2 aromatic rings. The van der Waals surface area contributed by atoms with E-state index in [9.17, 15) is 14.9 Å². The largest absolute Gasteiger partial charge is 0.359 e. The molecule has 1 aliphatic rings. The Morgan fingerprint density at radius 1 is 1.38 bits per heavy atom. The predicted octanol–water partition coefficient (Wildman–Crippen LogP) is 2.65. The third-order valence-corrected chi connectivity index (χ3v) is 5.12. The molecule has 0 saturated carbocycles. The second-order valence-corrected chi connectivity index (χ2v) is 6.60. The van der Waals surface area contributed by atoms with E-state index in [2.05, 4.69) is 15.3 Å². The van der Waals surface area contributed by atoms with E-state index < -0.39 is 4.92 Å². The van der Waals surface area contributed by atoms with Gasteiger partial charge in [0.05, 0.1) is 16.7 Å². The van der Waals surface area contributed by atoms with Crippen LogP contribution in [0.3, 0.4) is 0 Å². The van der Waals surface area contributed by atoms with Crippen LogP contribution in [0.25, 0.3) is 0 Å². The zero-order chi connectivity index (χ0) is 19.0. The number of benzene rings is 1. The number of rotatable bonds is 4. The van der Waals surface area contributed by atoms with E-state index >= 15 is 0 Å². The molecule has 1 aromatic carbocycles. The number of carbonyl (C=O) groups excluding carboxylic acids is 1. The summed E-state index contributed by atoms with van der Waals surface area (Å²) in [6.07, 6.45) is 1.87. The van der Waals surface area contributed by atoms with E-state index in [1.165, 1.54) is 13.1 Å². The fraction of sp³-hybridized carbons (Fsp3) is 0.444. The van der Waals surface area contributed by atoms with Gasteiger partial charge in [-0.2, -0.15) is 5.10 Å². The van der Waals surface area contributed by atoms with Gasteiger partial charge in [-0.3, -0.25) is 19.6 Å². The van der Waals surface area contributed by atoms with Crippen LogP contribution in [0.4, 0.5) is 11.4 Å². The lowest BCUT2D eigenvalue weighted by Crippen LogP contribution is -2.25. The number of hydrogen-bond acceptors (Lipinski definition) is 5. The molecule has 0 bridgehead atoms. The van der Waals surface area contributed by atoms with Crippen molar-refractivity contribution in [1.29, 1.82) is 0 Å². The van der Waals surface area contributed by atoms with E-state index in [4.69, 9.17) is 0 Å². The molecule has 1 fully saturated rings. The highest BCUT2D eigenvalue weighted by Gasteiger charge is 2.34. The first-order chi connectivity index (χ1) is 12.3. The van der Waals surface area contributed by atoms with Crippen LogP contribution in [0.1, 0.15) is 46.2 Å². The van der Waals surface area contributed by atoms with Crippen LogP contribution in [0.2, 0.25) is 0 Å². The van der Waals surface area contributed by atoms with Crippen molar-refractivity contribution in [2.45, 2.75) is 32.7 Å². The van der Waals surface area contributed by atoms with Crippen LogP contribution in [0.15, 0.2) is 18.2 Å². The van der Waals surface area contributed by atoms with Crippen molar-refractivity contribution in [3.63, 3.8) is 0 Å². The lowest BCUT2D eigenvalue weighted by Gasteiger charge is -2.27. The number of aryl methyl sites for hydroxylation is 2. The summed E-state index contributed by atoms with van der Waals surface area (Å²) < 4.78 is 1.85. The molecule has 0 spiro atoms. The van der Waals surface area contributed by atoms with Crippen LogP contribution < -0.4 is 10.2 Å². The van der Waals surface area contributed by atoms with E-state index in [1.807, 2.05) is 25.6 Å². The average molecular weight is 357 g/mol. The molecular formula is C18H23N5O3. The van der Waals surface area contributed by atoms with Gasteiger partial charge in [0.25, 0.3) is 11.6 Å². The Morgan fingerprint density at radius 3 is 2.69 bits per heavy atom. The van der Waals surface area contributed by atoms with Crippen molar-refractivity contribution in [3.05, 3.63) is 50.8 Å². The zero-order valence-corrected chi connectivity index (χ0v) is 15.4. The fourth-order valence-electron chi connectivity index (χ4n) is 3.83. The summed E-state index contributed by atoms with van der Waals surface area (Å²) in [7, 11) is 3.41. The second kappa shape index (κ2) is 6.78. The van der Waals surface area contributed by atoms with Crippen molar-refractivity contribution >= 4 is 17.3 Å². The SMILES string of the molecule is CNC(=O)c1ccc(N2CCCC2c2c(C)nn(C)c2C)c([N+](=O)[O-])c1. The van der Waals surface area contributed by atoms with Gasteiger partial charge in [0.15, 0.2) is 0 Å². The van der Waals surface area contributed by atoms with Gasteiger partial charge in [-0.15, -0.1) is 0 Å². The Labute approximate surface area is 151 Å². The third kappa shape index (κ3) is 2.91. The van der Waals surface area contributed by atoms with Crippen molar-refractivity contribution < 1.29 is 9.72 Å². The number of aromatic nitrogens is 2. The van der Waals surface area contributed by atoms with Crippen LogP contribution in [-0.4, -0.2) is 34.2 Å². The summed E-state index contributed by atoms with van der Waals surface area (Å²) in [6, 6.07) is 4.72. The lowest BCUT2D eigenvalue weighted by atomic mass is 10.0. The van der Waals surface area contributed by atoms with Gasteiger partial charge in [-0.05, 0) is 38.8 Å². The van der Waals surface area contributed by atoms with Gasteiger partial charge in [-0.1, -0.05) is 0 Å². The summed E-state index contributed by atoms with van der Waals surface area (Å²) >= 11 is 0. The second-order valence-electron chi connectivity index (χ2n) is 6.60. The third-order valence-electron chi connectivity index (χ3n) is 5.12. The standard InChI is InChI=1S/C18H23N5O3/c1-11-17(12(2)21(4)20-11)15-6-5-9-22(15)14-8-7-13(18(24)19-3)10-16(14)23(25)26/h7-8,10,15H,5-6,9H2,1-4H3,(H,19,24). The monoisotopic (exact) mass is 357 g/mol. The Morgan fingerprint density at radius 2 is 2.12 bits per heavy atom. The highest BCUT2D eigenvalue weighted by atomic mass is 16.6. The Hall–Kier alpha value is -2.90. The van der Waals surface area contributed by atoms with Crippen molar-refractivity contribution in [2.75, 3.05) is 18.5 Å². The van der Waals surface area contributed by atoms with Crippen molar-refractivity contribution in [3.8, 4) is 0 Å². The fourth-order valence-corrected chi connectivity index (χ4v) is 3.83. The smallest absolute Gasteiger partial charge is 0.293 e. The average Bonchev–Trinajstić information content (AvgIpc) is 3.18. The van der Waals surface area contributed by atoms with E-state index in [0.29, 0.717) is 5.69 Å². The molecule has 1 aliphatic heterocycles.